The molecule has 1 aliphatic heterocycles. The van der Waals surface area contributed by atoms with Crippen molar-refractivity contribution in [2.24, 2.45) is 5.73 Å². The van der Waals surface area contributed by atoms with Gasteiger partial charge in [0.2, 0.25) is 0 Å². The van der Waals surface area contributed by atoms with Gasteiger partial charge >= 0.3 is 5.97 Å². The maximum atomic E-state index is 11.3. The molecule has 1 atom stereocenters. The molecular formula is C13H25BN2O3. The number of nitrogens with zero attached hydrogens (tertiary/aromatic N) is 1. The Labute approximate surface area is 116 Å². The molecule has 0 aliphatic carbocycles. The molecule has 2 radical (unpaired) electrons. The van der Waals surface area contributed by atoms with Crippen molar-refractivity contribution in [1.82, 2.24) is 4.90 Å². The van der Waals surface area contributed by atoms with Gasteiger partial charge in [0.05, 0.1) is 14.0 Å². The molecule has 1 rings (SSSR count). The zero-order valence-electron chi connectivity index (χ0n) is 11.6. The average Bonchev–Trinajstić information content (AvgIpc) is 2.38. The van der Waals surface area contributed by atoms with E-state index in [4.69, 9.17) is 13.6 Å². The molecule has 0 aromatic heterocycles. The van der Waals surface area contributed by atoms with E-state index in [2.05, 4.69) is 4.90 Å². The van der Waals surface area contributed by atoms with Crippen LogP contribution < -0.4 is 5.73 Å². The molecule has 1 aliphatic rings. The number of nitrogens with two attached hydrogens (primary N) is 1. The summed E-state index contributed by atoms with van der Waals surface area (Å²) in [6.45, 7) is 2.32. The molecule has 1 saturated heterocycles. The Kier molecular flexibility index (Phi) is 6.82. The summed E-state index contributed by atoms with van der Waals surface area (Å²) in [5, 5.41) is 18.7. The van der Waals surface area contributed by atoms with E-state index in [9.17, 15) is 15.0 Å². The van der Waals surface area contributed by atoms with Crippen LogP contribution in [0.4, 0.5) is 0 Å². The third kappa shape index (κ3) is 5.51. The molecule has 0 bridgehead atoms. The van der Waals surface area contributed by atoms with E-state index in [1.54, 1.807) is 0 Å². The van der Waals surface area contributed by atoms with Crippen LogP contribution in [0.2, 0.25) is 6.32 Å². The van der Waals surface area contributed by atoms with Crippen molar-refractivity contribution < 1.29 is 15.0 Å². The Balaban J connectivity index is 2.38. The minimum absolute atomic E-state index is 0.206. The lowest BCUT2D eigenvalue weighted by molar-refractivity contribution is -0.144. The van der Waals surface area contributed by atoms with Crippen molar-refractivity contribution in [2.45, 2.75) is 56.5 Å². The number of likely N-dealkylation sites (tertiary alicyclic amines) is 1. The third-order valence-corrected chi connectivity index (χ3v) is 3.93. The minimum atomic E-state index is -1.15. The molecule has 108 valence electrons. The highest BCUT2D eigenvalue weighted by atomic mass is 16.4. The molecule has 5 nitrogen and oxygen atoms in total. The zero-order valence-corrected chi connectivity index (χ0v) is 11.6. The summed E-state index contributed by atoms with van der Waals surface area (Å²) in [7, 11) is 5.42. The van der Waals surface area contributed by atoms with Crippen molar-refractivity contribution in [3.8, 4) is 0 Å². The molecular weight excluding hydrogens is 243 g/mol. The second-order valence-corrected chi connectivity index (χ2v) is 5.53. The summed E-state index contributed by atoms with van der Waals surface area (Å²) in [6, 6.07) is 0. The SMILES string of the molecule is [B]CCCC[C@@](N)(CCN1CCC(O)CC1)C(=O)O. The number of carbonyl (C=O) groups is 1. The number of aliphatic hydroxyl groups excluding tert-OH is 1. The van der Waals surface area contributed by atoms with Gasteiger partial charge in [0.25, 0.3) is 0 Å². The smallest absolute Gasteiger partial charge is 0.323 e. The van der Waals surface area contributed by atoms with E-state index in [1.165, 1.54) is 0 Å². The summed E-state index contributed by atoms with van der Waals surface area (Å²) in [5.74, 6) is -0.929. The molecule has 1 heterocycles. The molecule has 0 amide bonds. The molecule has 6 heteroatoms. The van der Waals surface area contributed by atoms with Gasteiger partial charge in [-0.05, 0) is 25.7 Å². The lowest BCUT2D eigenvalue weighted by Crippen LogP contribution is -2.50. The van der Waals surface area contributed by atoms with Gasteiger partial charge in [0.1, 0.15) is 5.54 Å². The maximum absolute atomic E-state index is 11.3. The second-order valence-electron chi connectivity index (χ2n) is 5.53. The number of aliphatic carboxylic acids is 1. The van der Waals surface area contributed by atoms with Crippen LogP contribution in [0.3, 0.4) is 0 Å². The summed E-state index contributed by atoms with van der Waals surface area (Å²) in [6.07, 6.45) is 4.36. The molecule has 1 fully saturated rings. The van der Waals surface area contributed by atoms with E-state index in [0.717, 1.165) is 38.8 Å². The van der Waals surface area contributed by atoms with Crippen molar-refractivity contribution >= 4 is 13.8 Å². The van der Waals surface area contributed by atoms with Gasteiger partial charge in [-0.1, -0.05) is 19.2 Å². The third-order valence-electron chi connectivity index (χ3n) is 3.93. The van der Waals surface area contributed by atoms with Gasteiger partial charge in [-0.15, -0.1) is 0 Å². The van der Waals surface area contributed by atoms with Crippen molar-refractivity contribution in [3.05, 3.63) is 0 Å². The molecule has 4 N–H and O–H groups in total. The minimum Gasteiger partial charge on any atom is -0.480 e. The Morgan fingerprint density at radius 2 is 1.95 bits per heavy atom. The van der Waals surface area contributed by atoms with Crippen LogP contribution in [0.1, 0.15) is 38.5 Å². The number of carboxylic acid groups (broad SMARTS) is 1. The first kappa shape index (κ1) is 16.5. The second kappa shape index (κ2) is 7.87. The van der Waals surface area contributed by atoms with Crippen LogP contribution in [-0.4, -0.2) is 60.2 Å². The van der Waals surface area contributed by atoms with Gasteiger partial charge in [-0.3, -0.25) is 4.79 Å². The normalized spacial score (nSPS) is 21.2. The fraction of sp³-hybridized carbons (Fsp3) is 0.923. The lowest BCUT2D eigenvalue weighted by atomic mass is 9.87. The Morgan fingerprint density at radius 3 is 2.47 bits per heavy atom. The topological polar surface area (TPSA) is 86.8 Å². The average molecular weight is 268 g/mol. The van der Waals surface area contributed by atoms with Crippen molar-refractivity contribution in [2.75, 3.05) is 19.6 Å². The monoisotopic (exact) mass is 268 g/mol. The molecule has 0 saturated carbocycles. The van der Waals surface area contributed by atoms with Crippen LogP contribution in [0, 0.1) is 0 Å². The fourth-order valence-corrected chi connectivity index (χ4v) is 2.42. The Hall–Kier alpha value is -0.585. The quantitative estimate of drug-likeness (QED) is 0.437. The highest BCUT2D eigenvalue weighted by Crippen LogP contribution is 2.19. The van der Waals surface area contributed by atoms with Crippen LogP contribution in [0.15, 0.2) is 0 Å². The highest BCUT2D eigenvalue weighted by Gasteiger charge is 2.33. The van der Waals surface area contributed by atoms with Crippen LogP contribution in [-0.2, 0) is 4.79 Å². The first-order valence-corrected chi connectivity index (χ1v) is 7.11. The van der Waals surface area contributed by atoms with E-state index >= 15 is 0 Å². The summed E-state index contributed by atoms with van der Waals surface area (Å²) in [4.78, 5) is 13.5. The number of carboxylic acids is 1. The number of aliphatic hydroxyl groups is 1. The lowest BCUT2D eigenvalue weighted by Gasteiger charge is -2.32. The van der Waals surface area contributed by atoms with Gasteiger partial charge in [0, 0.05) is 19.6 Å². The predicted octanol–water partition coefficient (Wildman–Crippen LogP) is 0.372. The number of hydrogen-bond donors (Lipinski definition) is 3. The standard InChI is InChI=1S/C13H25BN2O3/c14-7-2-1-5-13(15,12(18)19)6-10-16-8-3-11(17)4-9-16/h11,17H,1-10,15H2,(H,18,19)/t13-/m1/s1. The number of piperidine rings is 1. The van der Waals surface area contributed by atoms with E-state index < -0.39 is 11.5 Å². The zero-order chi connectivity index (χ0) is 14.3. The van der Waals surface area contributed by atoms with Gasteiger partial charge in [0.15, 0.2) is 0 Å². The Bertz CT molecular complexity index is 283. The summed E-state index contributed by atoms with van der Waals surface area (Å²) in [5.41, 5.74) is 4.86. The van der Waals surface area contributed by atoms with Crippen LogP contribution in [0.25, 0.3) is 0 Å². The molecule has 0 unspecified atom stereocenters. The van der Waals surface area contributed by atoms with Crippen LogP contribution in [0.5, 0.6) is 0 Å². The van der Waals surface area contributed by atoms with Crippen molar-refractivity contribution in [1.29, 1.82) is 0 Å². The molecule has 0 aromatic rings. The number of unbranched alkanes of at least 4 members (excludes halogenated alkanes) is 1. The van der Waals surface area contributed by atoms with Gasteiger partial charge in [-0.25, -0.2) is 0 Å². The van der Waals surface area contributed by atoms with E-state index in [-0.39, 0.29) is 6.10 Å². The van der Waals surface area contributed by atoms with Crippen molar-refractivity contribution in [3.63, 3.8) is 0 Å². The number of rotatable bonds is 8. The fourth-order valence-electron chi connectivity index (χ4n) is 2.42. The molecule has 0 aromatic carbocycles. The van der Waals surface area contributed by atoms with Gasteiger partial charge in [-0.2, -0.15) is 0 Å². The summed E-state index contributed by atoms with van der Waals surface area (Å²) >= 11 is 0. The van der Waals surface area contributed by atoms with Crippen LogP contribution >= 0.6 is 0 Å². The van der Waals surface area contributed by atoms with E-state index in [1.807, 2.05) is 0 Å². The van der Waals surface area contributed by atoms with Gasteiger partial charge < -0.3 is 20.8 Å². The maximum Gasteiger partial charge on any atom is 0.323 e. The molecule has 0 spiro atoms. The highest BCUT2D eigenvalue weighted by molar-refractivity contribution is 6.08. The number of hydrogen-bond acceptors (Lipinski definition) is 4. The Morgan fingerprint density at radius 1 is 1.32 bits per heavy atom. The summed E-state index contributed by atoms with van der Waals surface area (Å²) < 4.78 is 0. The molecule has 19 heavy (non-hydrogen) atoms. The van der Waals surface area contributed by atoms with E-state index in [0.29, 0.717) is 25.7 Å². The first-order valence-electron chi connectivity index (χ1n) is 7.11. The predicted molar refractivity (Wildman–Crippen MR) is 75.3 cm³/mol. The largest absolute Gasteiger partial charge is 0.480 e. The first-order chi connectivity index (χ1) is 8.98.